The molecule has 0 spiro atoms. The molecule has 1 fully saturated rings. The molecule has 1 aromatic carbocycles. The predicted octanol–water partition coefficient (Wildman–Crippen LogP) is 4.72. The minimum atomic E-state index is 0.586. The second kappa shape index (κ2) is 7.58. The molecular weight excluding hydrogens is 262 g/mol. The van der Waals surface area contributed by atoms with Gasteiger partial charge in [-0.2, -0.15) is 0 Å². The van der Waals surface area contributed by atoms with Gasteiger partial charge in [0, 0.05) is 17.8 Å². The molecule has 3 heteroatoms. The summed E-state index contributed by atoms with van der Waals surface area (Å²) < 4.78 is 11.0. The molecule has 0 atom stereocenters. The van der Waals surface area contributed by atoms with Gasteiger partial charge in [-0.3, -0.25) is 0 Å². The second-order valence-corrected chi connectivity index (χ2v) is 6.30. The zero-order chi connectivity index (χ0) is 15.2. The molecule has 0 amide bonds. The Morgan fingerprint density at radius 2 is 1.86 bits per heavy atom. The summed E-state index contributed by atoms with van der Waals surface area (Å²) in [5.74, 6) is 3.33. The highest BCUT2D eigenvalue weighted by atomic mass is 16.5. The third kappa shape index (κ3) is 4.29. The molecular formula is C18H29NO2. The first-order chi connectivity index (χ1) is 10.1. The van der Waals surface area contributed by atoms with Gasteiger partial charge in [-0.05, 0) is 56.6 Å². The van der Waals surface area contributed by atoms with Crippen molar-refractivity contribution >= 4 is 5.69 Å². The molecule has 0 unspecified atom stereocenters. The van der Waals surface area contributed by atoms with E-state index in [0.29, 0.717) is 12.6 Å². The van der Waals surface area contributed by atoms with E-state index in [9.17, 15) is 0 Å². The zero-order valence-electron chi connectivity index (χ0n) is 13.8. The van der Waals surface area contributed by atoms with Crippen LogP contribution in [0.3, 0.4) is 0 Å². The van der Waals surface area contributed by atoms with Crippen LogP contribution in [0, 0.1) is 11.8 Å². The molecule has 1 N–H and O–H groups in total. The molecule has 1 saturated carbocycles. The summed E-state index contributed by atoms with van der Waals surface area (Å²) in [5.41, 5.74) is 1.13. The molecule has 0 radical (unpaired) electrons. The van der Waals surface area contributed by atoms with Crippen LogP contribution in [-0.4, -0.2) is 19.8 Å². The van der Waals surface area contributed by atoms with Crippen molar-refractivity contribution in [3.05, 3.63) is 18.2 Å². The normalized spacial score (nSPS) is 22.1. The first-order valence-electron chi connectivity index (χ1n) is 8.21. The molecule has 1 aromatic rings. The number of anilines is 1. The van der Waals surface area contributed by atoms with Crippen LogP contribution in [-0.2, 0) is 0 Å². The molecule has 2 rings (SSSR count). The number of ether oxygens (including phenoxy) is 2. The zero-order valence-corrected chi connectivity index (χ0v) is 13.8. The number of nitrogens with one attached hydrogen (secondary N) is 1. The van der Waals surface area contributed by atoms with Crippen LogP contribution in [0.4, 0.5) is 5.69 Å². The fraction of sp³-hybridized carbons (Fsp3) is 0.667. The van der Waals surface area contributed by atoms with Gasteiger partial charge >= 0.3 is 0 Å². The maximum atomic E-state index is 5.56. The van der Waals surface area contributed by atoms with Crippen LogP contribution in [0.2, 0.25) is 0 Å². The molecule has 1 aliphatic carbocycles. The van der Waals surface area contributed by atoms with Crippen molar-refractivity contribution in [1.82, 2.24) is 0 Å². The van der Waals surface area contributed by atoms with Gasteiger partial charge in [0.15, 0.2) is 11.5 Å². The fourth-order valence-electron chi connectivity index (χ4n) is 3.20. The Hall–Kier alpha value is -1.38. The van der Waals surface area contributed by atoms with E-state index in [2.05, 4.69) is 25.2 Å². The van der Waals surface area contributed by atoms with Gasteiger partial charge in [-0.25, -0.2) is 0 Å². The number of hydrogen-bond donors (Lipinski definition) is 1. The lowest BCUT2D eigenvalue weighted by molar-refractivity contribution is 0.267. The molecule has 118 valence electrons. The molecule has 0 aliphatic heterocycles. The molecule has 0 bridgehead atoms. The second-order valence-electron chi connectivity index (χ2n) is 6.30. The van der Waals surface area contributed by atoms with Gasteiger partial charge in [-0.15, -0.1) is 0 Å². The van der Waals surface area contributed by atoms with Crippen LogP contribution in [0.5, 0.6) is 11.5 Å². The summed E-state index contributed by atoms with van der Waals surface area (Å²) in [5, 5.41) is 3.65. The van der Waals surface area contributed by atoms with Crippen molar-refractivity contribution < 1.29 is 9.47 Å². The van der Waals surface area contributed by atoms with E-state index in [1.165, 1.54) is 25.7 Å². The number of rotatable bonds is 6. The summed E-state index contributed by atoms with van der Waals surface area (Å²) in [6.07, 6.45) is 5.20. The van der Waals surface area contributed by atoms with Gasteiger partial charge in [0.2, 0.25) is 0 Å². The van der Waals surface area contributed by atoms with E-state index >= 15 is 0 Å². The molecule has 3 nitrogen and oxygen atoms in total. The van der Waals surface area contributed by atoms with Crippen LogP contribution >= 0.6 is 0 Å². The molecule has 0 aromatic heterocycles. The highest BCUT2D eigenvalue weighted by Gasteiger charge is 2.23. The minimum absolute atomic E-state index is 0.586. The summed E-state index contributed by atoms with van der Waals surface area (Å²) in [6, 6.07) is 6.70. The minimum Gasteiger partial charge on any atom is -0.493 e. The average molecular weight is 291 g/mol. The van der Waals surface area contributed by atoms with Gasteiger partial charge in [-0.1, -0.05) is 13.8 Å². The molecule has 0 saturated heterocycles. The van der Waals surface area contributed by atoms with E-state index in [1.54, 1.807) is 7.11 Å². The maximum Gasteiger partial charge on any atom is 0.162 e. The van der Waals surface area contributed by atoms with E-state index < -0.39 is 0 Å². The highest BCUT2D eigenvalue weighted by molar-refractivity contribution is 5.55. The Kier molecular flexibility index (Phi) is 5.77. The fourth-order valence-corrected chi connectivity index (χ4v) is 3.20. The van der Waals surface area contributed by atoms with Crippen LogP contribution < -0.4 is 14.8 Å². The number of benzene rings is 1. The van der Waals surface area contributed by atoms with Gasteiger partial charge in [0.25, 0.3) is 0 Å². The molecule has 1 aliphatic rings. The summed E-state index contributed by atoms with van der Waals surface area (Å²) in [4.78, 5) is 0. The smallest absolute Gasteiger partial charge is 0.162 e. The summed E-state index contributed by atoms with van der Waals surface area (Å²) in [7, 11) is 1.69. The topological polar surface area (TPSA) is 30.5 Å². The quantitative estimate of drug-likeness (QED) is 0.822. The predicted molar refractivity (Wildman–Crippen MR) is 88.4 cm³/mol. The van der Waals surface area contributed by atoms with Crippen molar-refractivity contribution in [3.8, 4) is 11.5 Å². The van der Waals surface area contributed by atoms with Crippen LogP contribution in [0.15, 0.2) is 18.2 Å². The monoisotopic (exact) mass is 291 g/mol. The van der Waals surface area contributed by atoms with Crippen LogP contribution in [0.25, 0.3) is 0 Å². The maximum absolute atomic E-state index is 5.56. The number of hydrogen-bond acceptors (Lipinski definition) is 3. The number of methoxy groups -OCH3 is 1. The van der Waals surface area contributed by atoms with Gasteiger partial charge < -0.3 is 14.8 Å². The lowest BCUT2D eigenvalue weighted by Crippen LogP contribution is -2.27. The van der Waals surface area contributed by atoms with Crippen molar-refractivity contribution in [2.75, 3.05) is 19.0 Å². The SMILES string of the molecule is CCOc1ccc(NC2CCC(C(C)C)CC2)cc1OC. The Labute approximate surface area is 129 Å². The van der Waals surface area contributed by atoms with E-state index in [1.807, 2.05) is 19.1 Å². The third-order valence-corrected chi connectivity index (χ3v) is 4.55. The van der Waals surface area contributed by atoms with Crippen molar-refractivity contribution in [3.63, 3.8) is 0 Å². The summed E-state index contributed by atoms with van der Waals surface area (Å²) >= 11 is 0. The standard InChI is InChI=1S/C18H29NO2/c1-5-21-17-11-10-16(12-18(17)20-4)19-15-8-6-14(7-9-15)13(2)3/h10-15,19H,5-9H2,1-4H3. The molecule has 0 heterocycles. The largest absolute Gasteiger partial charge is 0.493 e. The Morgan fingerprint density at radius 3 is 2.43 bits per heavy atom. The van der Waals surface area contributed by atoms with Gasteiger partial charge in [0.1, 0.15) is 0 Å². The first-order valence-corrected chi connectivity index (χ1v) is 8.21. The Bertz CT molecular complexity index is 437. The highest BCUT2D eigenvalue weighted by Crippen LogP contribution is 2.34. The van der Waals surface area contributed by atoms with Crippen molar-refractivity contribution in [2.45, 2.75) is 52.5 Å². The summed E-state index contributed by atoms with van der Waals surface area (Å²) in [6.45, 7) is 7.33. The van der Waals surface area contributed by atoms with Gasteiger partial charge in [0.05, 0.1) is 13.7 Å². The van der Waals surface area contributed by atoms with E-state index in [4.69, 9.17) is 9.47 Å². The lowest BCUT2D eigenvalue weighted by Gasteiger charge is -2.32. The average Bonchev–Trinajstić information content (AvgIpc) is 2.49. The van der Waals surface area contributed by atoms with Crippen LogP contribution in [0.1, 0.15) is 46.5 Å². The van der Waals surface area contributed by atoms with E-state index in [0.717, 1.165) is 29.0 Å². The Morgan fingerprint density at radius 1 is 1.14 bits per heavy atom. The van der Waals surface area contributed by atoms with Crippen molar-refractivity contribution in [2.24, 2.45) is 11.8 Å². The first kappa shape index (κ1) is 16.0. The Balaban J connectivity index is 1.94. The molecule has 21 heavy (non-hydrogen) atoms. The lowest BCUT2D eigenvalue weighted by atomic mass is 9.79. The third-order valence-electron chi connectivity index (χ3n) is 4.55. The van der Waals surface area contributed by atoms with E-state index in [-0.39, 0.29) is 0 Å². The van der Waals surface area contributed by atoms with Crippen molar-refractivity contribution in [1.29, 1.82) is 0 Å².